The number of ether oxygens (including phenoxy) is 1. The molecule has 1 N–H and O–H groups in total. The number of pyridine rings is 1. The Morgan fingerprint density at radius 1 is 1.35 bits per heavy atom. The van der Waals surface area contributed by atoms with E-state index < -0.39 is 15.9 Å². The minimum absolute atomic E-state index is 0.00482. The van der Waals surface area contributed by atoms with Crippen LogP contribution < -0.4 is 10.1 Å². The number of methoxy groups -OCH3 is 1. The van der Waals surface area contributed by atoms with E-state index >= 15 is 0 Å². The van der Waals surface area contributed by atoms with Crippen molar-refractivity contribution in [2.75, 3.05) is 20.2 Å². The highest BCUT2D eigenvalue weighted by Crippen LogP contribution is 2.28. The summed E-state index contributed by atoms with van der Waals surface area (Å²) in [5.74, 6) is -0.0261. The molecule has 0 unspecified atom stereocenters. The summed E-state index contributed by atoms with van der Waals surface area (Å²) in [5.41, 5.74) is 0.827. The van der Waals surface area contributed by atoms with Crippen molar-refractivity contribution in [1.29, 1.82) is 0 Å². The van der Waals surface area contributed by atoms with Gasteiger partial charge in [0.25, 0.3) is 0 Å². The number of carbonyl (C=O) groups excluding carboxylic acids is 1. The number of sulfonamides is 1. The smallest absolute Gasteiger partial charge is 0.243 e. The SMILES string of the molecule is CCN(CC(=O)NCc1cccnc1)S(=O)(=O)c1ccc(OC)c(Cl)c1. The van der Waals surface area contributed by atoms with E-state index in [-0.39, 0.29) is 29.6 Å². The third-order valence-corrected chi connectivity index (χ3v) is 5.86. The van der Waals surface area contributed by atoms with Crippen LogP contribution >= 0.6 is 11.6 Å². The molecule has 0 aliphatic rings. The summed E-state index contributed by atoms with van der Waals surface area (Å²) in [6.45, 7) is 1.80. The van der Waals surface area contributed by atoms with E-state index in [1.54, 1.807) is 25.4 Å². The Morgan fingerprint density at radius 2 is 2.12 bits per heavy atom. The van der Waals surface area contributed by atoms with Gasteiger partial charge >= 0.3 is 0 Å². The van der Waals surface area contributed by atoms with Gasteiger partial charge < -0.3 is 10.1 Å². The molecule has 0 fully saturated rings. The molecule has 0 saturated carbocycles. The van der Waals surface area contributed by atoms with Gasteiger partial charge in [0.2, 0.25) is 15.9 Å². The molecule has 0 radical (unpaired) electrons. The standard InChI is InChI=1S/C17H20ClN3O4S/c1-3-21(12-17(22)20-11-13-5-4-8-19-10-13)26(23,24)14-6-7-16(25-2)15(18)9-14/h4-10H,3,11-12H2,1-2H3,(H,20,22). The first-order chi connectivity index (χ1) is 12.4. The first-order valence-corrected chi connectivity index (χ1v) is 9.69. The van der Waals surface area contributed by atoms with E-state index in [2.05, 4.69) is 10.3 Å². The molecule has 0 bridgehead atoms. The van der Waals surface area contributed by atoms with Crippen LogP contribution in [-0.4, -0.2) is 43.8 Å². The fraction of sp³-hybridized carbons (Fsp3) is 0.294. The Labute approximate surface area is 158 Å². The molecule has 26 heavy (non-hydrogen) atoms. The lowest BCUT2D eigenvalue weighted by atomic mass is 10.3. The molecule has 7 nitrogen and oxygen atoms in total. The fourth-order valence-electron chi connectivity index (χ4n) is 2.24. The third kappa shape index (κ3) is 4.94. The molecule has 1 aromatic carbocycles. The van der Waals surface area contributed by atoms with Crippen molar-refractivity contribution < 1.29 is 17.9 Å². The van der Waals surface area contributed by atoms with E-state index in [1.807, 2.05) is 6.07 Å². The second-order valence-corrected chi connectivity index (χ2v) is 7.71. The molecule has 0 atom stereocenters. The molecular weight excluding hydrogens is 378 g/mol. The van der Waals surface area contributed by atoms with Crippen LogP contribution in [-0.2, 0) is 21.4 Å². The van der Waals surface area contributed by atoms with Crippen molar-refractivity contribution in [3.63, 3.8) is 0 Å². The number of halogens is 1. The zero-order chi connectivity index (χ0) is 19.2. The van der Waals surface area contributed by atoms with Gasteiger partial charge in [0, 0.05) is 25.5 Å². The highest BCUT2D eigenvalue weighted by Gasteiger charge is 2.26. The Bertz CT molecular complexity index is 860. The predicted octanol–water partition coefficient (Wildman–Crippen LogP) is 2.07. The van der Waals surface area contributed by atoms with Crippen molar-refractivity contribution in [2.45, 2.75) is 18.4 Å². The molecule has 1 heterocycles. The number of amides is 1. The number of carbonyl (C=O) groups is 1. The van der Waals surface area contributed by atoms with Gasteiger partial charge in [-0.05, 0) is 29.8 Å². The minimum Gasteiger partial charge on any atom is -0.495 e. The highest BCUT2D eigenvalue weighted by atomic mass is 35.5. The van der Waals surface area contributed by atoms with Crippen LogP contribution in [0.3, 0.4) is 0 Å². The van der Waals surface area contributed by atoms with Gasteiger partial charge in [-0.3, -0.25) is 9.78 Å². The van der Waals surface area contributed by atoms with E-state index in [4.69, 9.17) is 16.3 Å². The zero-order valence-corrected chi connectivity index (χ0v) is 16.0. The number of nitrogens with zero attached hydrogens (tertiary/aromatic N) is 2. The summed E-state index contributed by atoms with van der Waals surface area (Å²) >= 11 is 6.01. The van der Waals surface area contributed by atoms with Gasteiger partial charge in [0.1, 0.15) is 5.75 Å². The lowest BCUT2D eigenvalue weighted by Gasteiger charge is -2.20. The van der Waals surface area contributed by atoms with Crippen LogP contribution in [0.2, 0.25) is 5.02 Å². The van der Waals surface area contributed by atoms with Gasteiger partial charge in [-0.25, -0.2) is 8.42 Å². The Hall–Kier alpha value is -2.16. The first-order valence-electron chi connectivity index (χ1n) is 7.87. The molecule has 1 aromatic heterocycles. The van der Waals surface area contributed by atoms with Gasteiger partial charge in [-0.2, -0.15) is 4.31 Å². The normalized spacial score (nSPS) is 11.4. The number of rotatable bonds is 8. The van der Waals surface area contributed by atoms with Crippen molar-refractivity contribution in [1.82, 2.24) is 14.6 Å². The summed E-state index contributed by atoms with van der Waals surface area (Å²) in [4.78, 5) is 16.1. The maximum absolute atomic E-state index is 12.8. The van der Waals surface area contributed by atoms with E-state index in [9.17, 15) is 13.2 Å². The maximum Gasteiger partial charge on any atom is 0.243 e. The number of benzene rings is 1. The summed E-state index contributed by atoms with van der Waals surface area (Å²) in [6, 6.07) is 7.77. The van der Waals surface area contributed by atoms with Gasteiger partial charge in [0.05, 0.1) is 23.6 Å². The third-order valence-electron chi connectivity index (χ3n) is 3.65. The monoisotopic (exact) mass is 397 g/mol. The summed E-state index contributed by atoms with van der Waals surface area (Å²) in [7, 11) is -2.41. The van der Waals surface area contributed by atoms with Crippen molar-refractivity contribution >= 4 is 27.5 Å². The Balaban J connectivity index is 2.08. The summed E-state index contributed by atoms with van der Waals surface area (Å²) in [6.07, 6.45) is 3.27. The van der Waals surface area contributed by atoms with Crippen LogP contribution in [0.4, 0.5) is 0 Å². The first kappa shape index (κ1) is 20.2. The van der Waals surface area contributed by atoms with E-state index in [1.165, 1.54) is 25.3 Å². The molecule has 2 aromatic rings. The van der Waals surface area contributed by atoms with Crippen LogP contribution in [0.5, 0.6) is 5.75 Å². The highest BCUT2D eigenvalue weighted by molar-refractivity contribution is 7.89. The Morgan fingerprint density at radius 3 is 2.69 bits per heavy atom. The maximum atomic E-state index is 12.8. The van der Waals surface area contributed by atoms with E-state index in [0.29, 0.717) is 5.75 Å². The molecule has 140 valence electrons. The summed E-state index contributed by atoms with van der Waals surface area (Å²) < 4.78 is 31.6. The zero-order valence-electron chi connectivity index (χ0n) is 14.5. The second kappa shape index (κ2) is 8.98. The van der Waals surface area contributed by atoms with Gasteiger partial charge in [-0.1, -0.05) is 24.6 Å². The average molecular weight is 398 g/mol. The quantitative estimate of drug-likeness (QED) is 0.736. The number of hydrogen-bond donors (Lipinski definition) is 1. The topological polar surface area (TPSA) is 88.6 Å². The molecule has 9 heteroatoms. The molecule has 0 aliphatic heterocycles. The van der Waals surface area contributed by atoms with Gasteiger partial charge in [-0.15, -0.1) is 0 Å². The van der Waals surface area contributed by atoms with Gasteiger partial charge in [0.15, 0.2) is 0 Å². The molecule has 1 amide bonds. The molecule has 0 saturated heterocycles. The average Bonchev–Trinajstić information content (AvgIpc) is 2.65. The number of nitrogens with one attached hydrogen (secondary N) is 1. The van der Waals surface area contributed by atoms with Crippen molar-refractivity contribution in [3.8, 4) is 5.75 Å². The number of aromatic nitrogens is 1. The summed E-state index contributed by atoms with van der Waals surface area (Å²) in [5, 5.41) is 2.87. The van der Waals surface area contributed by atoms with Crippen molar-refractivity contribution in [2.24, 2.45) is 0 Å². The lowest BCUT2D eigenvalue weighted by molar-refractivity contribution is -0.121. The Kier molecular flexibility index (Phi) is 6.96. The number of likely N-dealkylation sites (N-methyl/N-ethyl adjacent to an activating group) is 1. The molecule has 2 rings (SSSR count). The van der Waals surface area contributed by atoms with Crippen LogP contribution in [0.25, 0.3) is 0 Å². The molecule has 0 spiro atoms. The predicted molar refractivity (Wildman–Crippen MR) is 98.5 cm³/mol. The van der Waals surface area contributed by atoms with Crippen molar-refractivity contribution in [3.05, 3.63) is 53.3 Å². The fourth-order valence-corrected chi connectivity index (χ4v) is 4.00. The van der Waals surface area contributed by atoms with Crippen LogP contribution in [0.1, 0.15) is 12.5 Å². The molecule has 0 aliphatic carbocycles. The van der Waals surface area contributed by atoms with E-state index in [0.717, 1.165) is 9.87 Å². The lowest BCUT2D eigenvalue weighted by Crippen LogP contribution is -2.40. The second-order valence-electron chi connectivity index (χ2n) is 5.37. The largest absolute Gasteiger partial charge is 0.495 e. The van der Waals surface area contributed by atoms with Crippen LogP contribution in [0, 0.1) is 0 Å². The van der Waals surface area contributed by atoms with Crippen LogP contribution in [0.15, 0.2) is 47.6 Å². The minimum atomic E-state index is -3.86. The molecular formula is C17H20ClN3O4S. The number of hydrogen-bond acceptors (Lipinski definition) is 5.